The summed E-state index contributed by atoms with van der Waals surface area (Å²) < 4.78 is 34.5. The molecule has 7 nitrogen and oxygen atoms in total. The number of hydrogen-bond acceptors (Lipinski definition) is 7. The minimum atomic E-state index is -3.94. The van der Waals surface area contributed by atoms with Crippen molar-refractivity contribution >= 4 is 43.8 Å². The van der Waals surface area contributed by atoms with Crippen LogP contribution in [0.3, 0.4) is 0 Å². The number of nitrogens with zero attached hydrogens (tertiary/aromatic N) is 2. The largest absolute Gasteiger partial charge is 0.495 e. The molecule has 0 saturated heterocycles. The Morgan fingerprint density at radius 2 is 1.85 bits per heavy atom. The van der Waals surface area contributed by atoms with Crippen molar-refractivity contribution in [3.05, 3.63) is 46.9 Å². The first-order valence-corrected chi connectivity index (χ1v) is 14.0. The molecule has 0 bridgehead atoms. The van der Waals surface area contributed by atoms with Crippen molar-refractivity contribution in [1.82, 2.24) is 9.97 Å². The van der Waals surface area contributed by atoms with Crippen molar-refractivity contribution in [3.63, 3.8) is 0 Å². The number of anilines is 2. The lowest BCUT2D eigenvalue weighted by molar-refractivity contribution is 0.403. The topological polar surface area (TPSA) is 93.2 Å². The number of ether oxygens (including phenoxy) is 1. The van der Waals surface area contributed by atoms with Gasteiger partial charge >= 0.3 is 0 Å². The van der Waals surface area contributed by atoms with Crippen LogP contribution in [0.1, 0.15) is 49.8 Å². The van der Waals surface area contributed by atoms with Crippen molar-refractivity contribution < 1.29 is 13.2 Å². The molecular formula is C24H29ClN4O3S2. The minimum Gasteiger partial charge on any atom is -0.495 e. The Bertz CT molecular complexity index is 1270. The molecule has 1 aliphatic rings. The molecule has 0 atom stereocenters. The van der Waals surface area contributed by atoms with Crippen molar-refractivity contribution in [2.24, 2.45) is 0 Å². The Kier molecular flexibility index (Phi) is 7.64. The van der Waals surface area contributed by atoms with Crippen LogP contribution < -0.4 is 14.8 Å². The number of sulfonamides is 1. The average Bonchev–Trinajstić information content (AvgIpc) is 2.99. The van der Waals surface area contributed by atoms with Gasteiger partial charge in [-0.25, -0.2) is 18.4 Å². The molecule has 0 radical (unpaired) electrons. The van der Waals surface area contributed by atoms with Crippen LogP contribution in [0.4, 0.5) is 10.8 Å². The number of methoxy groups -OCH3 is 1. The standard InChI is InChI=1S/C24H29ClN4O3S2/c1-15-12-19(14-26-23(15)25)29-34(30,31)21-13-17(10-11-20(21)32-3)22-16(2)27-24(33-22)28-18-8-6-4-5-7-9-18/h10-14,18,29H,4-9H2,1-3H3,(H,27,28). The fourth-order valence-corrected chi connectivity index (χ4v) is 6.55. The molecule has 1 aliphatic carbocycles. The Morgan fingerprint density at radius 3 is 2.53 bits per heavy atom. The Hall–Kier alpha value is -2.36. The van der Waals surface area contributed by atoms with Crippen molar-refractivity contribution in [2.45, 2.75) is 63.3 Å². The zero-order valence-corrected chi connectivity index (χ0v) is 21.9. The summed E-state index contributed by atoms with van der Waals surface area (Å²) in [4.78, 5) is 9.73. The monoisotopic (exact) mass is 520 g/mol. The summed E-state index contributed by atoms with van der Waals surface area (Å²) in [5.74, 6) is 0.258. The summed E-state index contributed by atoms with van der Waals surface area (Å²) >= 11 is 7.52. The number of pyridine rings is 1. The maximum Gasteiger partial charge on any atom is 0.265 e. The van der Waals surface area contributed by atoms with Gasteiger partial charge in [0.2, 0.25) is 0 Å². The van der Waals surface area contributed by atoms with E-state index in [4.69, 9.17) is 21.3 Å². The van der Waals surface area contributed by atoms with Gasteiger partial charge in [0, 0.05) is 6.04 Å². The zero-order valence-electron chi connectivity index (χ0n) is 19.5. The van der Waals surface area contributed by atoms with E-state index in [0.29, 0.717) is 22.4 Å². The number of rotatable bonds is 7. The summed E-state index contributed by atoms with van der Waals surface area (Å²) in [7, 11) is -2.49. The predicted octanol–water partition coefficient (Wildman–Crippen LogP) is 6.42. The van der Waals surface area contributed by atoms with Gasteiger partial charge in [-0.05, 0) is 62.1 Å². The third kappa shape index (κ3) is 5.64. The number of aromatic nitrogens is 2. The van der Waals surface area contributed by atoms with E-state index in [2.05, 4.69) is 15.0 Å². The second kappa shape index (κ2) is 10.5. The molecule has 0 spiro atoms. The summed E-state index contributed by atoms with van der Waals surface area (Å²) in [6.07, 6.45) is 8.77. The molecule has 1 saturated carbocycles. The predicted molar refractivity (Wildman–Crippen MR) is 139 cm³/mol. The van der Waals surface area contributed by atoms with E-state index >= 15 is 0 Å². The minimum absolute atomic E-state index is 0.0474. The lowest BCUT2D eigenvalue weighted by Gasteiger charge is -2.15. The molecule has 2 heterocycles. The maximum atomic E-state index is 13.3. The van der Waals surface area contributed by atoms with Crippen molar-refractivity contribution in [1.29, 1.82) is 0 Å². The molecule has 4 rings (SSSR count). The number of nitrogens with one attached hydrogen (secondary N) is 2. The van der Waals surface area contributed by atoms with Gasteiger partial charge < -0.3 is 10.1 Å². The van der Waals surface area contributed by atoms with E-state index in [1.54, 1.807) is 36.5 Å². The molecule has 0 aliphatic heterocycles. The second-order valence-corrected chi connectivity index (χ2v) is 11.6. The van der Waals surface area contributed by atoms with Gasteiger partial charge in [0.1, 0.15) is 15.8 Å². The van der Waals surface area contributed by atoms with Crippen LogP contribution in [0.5, 0.6) is 5.75 Å². The van der Waals surface area contributed by atoms with Crippen LogP contribution >= 0.6 is 22.9 Å². The van der Waals surface area contributed by atoms with Crippen molar-refractivity contribution in [3.8, 4) is 16.2 Å². The Balaban J connectivity index is 1.63. The second-order valence-electron chi connectivity index (χ2n) is 8.57. The lowest BCUT2D eigenvalue weighted by atomic mass is 10.1. The van der Waals surface area contributed by atoms with Crippen LogP contribution in [0.15, 0.2) is 35.4 Å². The van der Waals surface area contributed by atoms with E-state index in [-0.39, 0.29) is 10.6 Å². The highest BCUT2D eigenvalue weighted by Crippen LogP contribution is 2.37. The number of benzene rings is 1. The van der Waals surface area contributed by atoms with Gasteiger partial charge in [-0.3, -0.25) is 4.72 Å². The SMILES string of the molecule is COc1ccc(-c2sc(NC3CCCCCC3)nc2C)cc1S(=O)(=O)Nc1cnc(Cl)c(C)c1. The normalized spacial score (nSPS) is 15.1. The molecule has 2 aromatic heterocycles. The number of hydrogen-bond donors (Lipinski definition) is 2. The molecule has 34 heavy (non-hydrogen) atoms. The van der Waals surface area contributed by atoms with Crippen LogP contribution in [-0.4, -0.2) is 31.5 Å². The van der Waals surface area contributed by atoms with Gasteiger partial charge in [-0.2, -0.15) is 0 Å². The Morgan fingerprint density at radius 1 is 1.12 bits per heavy atom. The fourth-order valence-electron chi connectivity index (χ4n) is 4.18. The summed E-state index contributed by atoms with van der Waals surface area (Å²) in [6, 6.07) is 7.25. The van der Waals surface area contributed by atoms with E-state index in [1.807, 2.05) is 13.0 Å². The van der Waals surface area contributed by atoms with Gasteiger partial charge in [-0.15, -0.1) is 0 Å². The smallest absolute Gasteiger partial charge is 0.265 e. The zero-order chi connectivity index (χ0) is 24.3. The van der Waals surface area contributed by atoms with Crippen LogP contribution in [-0.2, 0) is 10.0 Å². The molecule has 2 N–H and O–H groups in total. The maximum absolute atomic E-state index is 13.3. The third-order valence-corrected chi connectivity index (χ3v) is 8.90. The van der Waals surface area contributed by atoms with Crippen molar-refractivity contribution in [2.75, 3.05) is 17.1 Å². The van der Waals surface area contributed by atoms with E-state index < -0.39 is 10.0 Å². The Labute approximate surface area is 210 Å². The lowest BCUT2D eigenvalue weighted by Crippen LogP contribution is -2.17. The van der Waals surface area contributed by atoms with E-state index in [0.717, 1.165) is 34.1 Å². The van der Waals surface area contributed by atoms with E-state index in [1.165, 1.54) is 39.0 Å². The van der Waals surface area contributed by atoms with Crippen LogP contribution in [0.2, 0.25) is 5.15 Å². The highest BCUT2D eigenvalue weighted by molar-refractivity contribution is 7.92. The molecule has 3 aromatic rings. The molecule has 0 unspecified atom stereocenters. The van der Waals surface area contributed by atoms with Crippen LogP contribution in [0.25, 0.3) is 10.4 Å². The molecule has 1 aromatic carbocycles. The van der Waals surface area contributed by atoms with E-state index in [9.17, 15) is 8.42 Å². The first kappa shape index (κ1) is 24.8. The summed E-state index contributed by atoms with van der Waals surface area (Å²) in [5.41, 5.74) is 2.64. The molecule has 182 valence electrons. The van der Waals surface area contributed by atoms with Gasteiger partial charge in [0.15, 0.2) is 5.13 Å². The van der Waals surface area contributed by atoms with Gasteiger partial charge in [0.25, 0.3) is 10.0 Å². The highest BCUT2D eigenvalue weighted by Gasteiger charge is 2.23. The summed E-state index contributed by atoms with van der Waals surface area (Å²) in [5, 5.41) is 4.80. The molecule has 10 heteroatoms. The van der Waals surface area contributed by atoms with Gasteiger partial charge in [-0.1, -0.05) is 48.6 Å². The van der Waals surface area contributed by atoms with Gasteiger partial charge in [0.05, 0.1) is 29.6 Å². The first-order chi connectivity index (χ1) is 16.3. The molecule has 0 amide bonds. The molecule has 1 fully saturated rings. The quantitative estimate of drug-likeness (QED) is 0.276. The average molecular weight is 521 g/mol. The number of halogens is 1. The summed E-state index contributed by atoms with van der Waals surface area (Å²) in [6.45, 7) is 3.71. The molecular weight excluding hydrogens is 492 g/mol. The fraction of sp³-hybridized carbons (Fsp3) is 0.417. The first-order valence-electron chi connectivity index (χ1n) is 11.3. The third-order valence-electron chi connectivity index (χ3n) is 5.96. The highest BCUT2D eigenvalue weighted by atomic mass is 35.5. The number of thiazole rings is 1. The van der Waals surface area contributed by atoms with Crippen LogP contribution in [0, 0.1) is 13.8 Å². The number of aryl methyl sites for hydroxylation is 2.